The molecule has 3 rings (SSSR count). The molecule has 0 saturated carbocycles. The topological polar surface area (TPSA) is 57.0 Å². The van der Waals surface area contributed by atoms with Crippen LogP contribution in [0.25, 0.3) is 10.6 Å². The molecule has 0 aliphatic heterocycles. The summed E-state index contributed by atoms with van der Waals surface area (Å²) in [5.74, 6) is 0.533. The predicted molar refractivity (Wildman–Crippen MR) is 86.7 cm³/mol. The maximum absolute atomic E-state index is 12.0. The maximum atomic E-state index is 12.0. The van der Waals surface area contributed by atoms with Gasteiger partial charge in [0.1, 0.15) is 5.69 Å². The number of rotatable bonds is 4. The molecule has 0 atom stereocenters. The second-order valence-corrected chi connectivity index (χ2v) is 6.24. The van der Waals surface area contributed by atoms with Gasteiger partial charge in [-0.3, -0.25) is 4.79 Å². The van der Waals surface area contributed by atoms with Crippen molar-refractivity contribution < 1.29 is 4.74 Å². The van der Waals surface area contributed by atoms with Crippen molar-refractivity contribution in [3.8, 4) is 16.5 Å². The van der Waals surface area contributed by atoms with Crippen LogP contribution in [0.2, 0.25) is 4.34 Å². The summed E-state index contributed by atoms with van der Waals surface area (Å²) in [6.45, 7) is 0.350. The highest BCUT2D eigenvalue weighted by atomic mass is 35.5. The van der Waals surface area contributed by atoms with Crippen LogP contribution in [0.1, 0.15) is 5.56 Å². The van der Waals surface area contributed by atoms with Crippen LogP contribution < -0.4 is 10.3 Å². The molecule has 0 radical (unpaired) electrons. The Bertz CT molecular complexity index is 842. The van der Waals surface area contributed by atoms with Crippen LogP contribution in [0.5, 0.6) is 5.88 Å². The molecule has 0 aliphatic carbocycles. The number of aromatic nitrogens is 3. The van der Waals surface area contributed by atoms with Crippen molar-refractivity contribution in [2.75, 3.05) is 7.11 Å². The minimum atomic E-state index is -0.165. The first-order chi connectivity index (χ1) is 10.7. The van der Waals surface area contributed by atoms with E-state index >= 15 is 0 Å². The smallest absolute Gasteiger partial charge is 0.267 e. The van der Waals surface area contributed by atoms with Crippen LogP contribution in [0, 0.1) is 0 Å². The first kappa shape index (κ1) is 14.7. The molecule has 7 heteroatoms. The highest BCUT2D eigenvalue weighted by Gasteiger charge is 2.07. The fourth-order valence-electron chi connectivity index (χ4n) is 1.94. The van der Waals surface area contributed by atoms with Crippen LogP contribution in [-0.4, -0.2) is 21.9 Å². The SMILES string of the molecule is COc1ccc(Cn2nc(-c3ccc(Cl)s3)ccc2=O)cn1. The van der Waals surface area contributed by atoms with Crippen molar-refractivity contribution in [3.05, 3.63) is 62.8 Å². The summed E-state index contributed by atoms with van der Waals surface area (Å²) in [6.07, 6.45) is 1.67. The number of thiophene rings is 1. The second kappa shape index (κ2) is 6.29. The van der Waals surface area contributed by atoms with E-state index in [1.54, 1.807) is 25.4 Å². The number of nitrogens with zero attached hydrogens (tertiary/aromatic N) is 3. The largest absolute Gasteiger partial charge is 0.481 e. The molecule has 22 heavy (non-hydrogen) atoms. The standard InChI is InChI=1S/C15H12ClN3O2S/c1-21-14-6-2-10(8-17-14)9-19-15(20)7-3-11(18-19)12-4-5-13(16)22-12/h2-8H,9H2,1H3. The van der Waals surface area contributed by atoms with Gasteiger partial charge in [-0.1, -0.05) is 17.7 Å². The number of ether oxygens (including phenoxy) is 1. The van der Waals surface area contributed by atoms with Gasteiger partial charge in [-0.25, -0.2) is 9.67 Å². The summed E-state index contributed by atoms with van der Waals surface area (Å²) in [6, 6.07) is 10.5. The molecule has 0 aromatic carbocycles. The molecular weight excluding hydrogens is 322 g/mol. The molecule has 0 fully saturated rings. The lowest BCUT2D eigenvalue weighted by Gasteiger charge is -2.06. The summed E-state index contributed by atoms with van der Waals surface area (Å²) in [7, 11) is 1.56. The Balaban J connectivity index is 1.91. The van der Waals surface area contributed by atoms with Crippen molar-refractivity contribution in [1.29, 1.82) is 0 Å². The Hall–Kier alpha value is -2.18. The number of hydrogen-bond acceptors (Lipinski definition) is 5. The Morgan fingerprint density at radius 1 is 1.23 bits per heavy atom. The third-order valence-electron chi connectivity index (χ3n) is 3.03. The van der Waals surface area contributed by atoms with Crippen molar-refractivity contribution in [3.63, 3.8) is 0 Å². The van der Waals surface area contributed by atoms with Gasteiger partial charge in [0.2, 0.25) is 5.88 Å². The maximum Gasteiger partial charge on any atom is 0.267 e. The van der Waals surface area contributed by atoms with Crippen LogP contribution in [-0.2, 0) is 6.54 Å². The average molecular weight is 334 g/mol. The number of methoxy groups -OCH3 is 1. The Morgan fingerprint density at radius 3 is 2.73 bits per heavy atom. The summed E-state index contributed by atoms with van der Waals surface area (Å²) >= 11 is 7.37. The predicted octanol–water partition coefficient (Wildman–Crippen LogP) is 3.08. The van der Waals surface area contributed by atoms with Gasteiger partial charge < -0.3 is 4.74 Å². The summed E-state index contributed by atoms with van der Waals surface area (Å²) in [5, 5.41) is 4.39. The Morgan fingerprint density at radius 2 is 2.09 bits per heavy atom. The van der Waals surface area contributed by atoms with Gasteiger partial charge in [0.05, 0.1) is 22.9 Å². The molecule has 3 aromatic heterocycles. The minimum Gasteiger partial charge on any atom is -0.481 e. The molecule has 0 saturated heterocycles. The third kappa shape index (κ3) is 3.18. The fourth-order valence-corrected chi connectivity index (χ4v) is 2.95. The lowest BCUT2D eigenvalue weighted by atomic mass is 10.3. The van der Waals surface area contributed by atoms with Crippen LogP contribution in [0.4, 0.5) is 0 Å². The van der Waals surface area contributed by atoms with E-state index in [2.05, 4.69) is 10.1 Å². The summed E-state index contributed by atoms with van der Waals surface area (Å²) in [4.78, 5) is 17.0. The van der Waals surface area contributed by atoms with E-state index in [4.69, 9.17) is 16.3 Å². The van der Waals surface area contributed by atoms with E-state index in [1.165, 1.54) is 22.1 Å². The molecule has 5 nitrogen and oxygen atoms in total. The first-order valence-electron chi connectivity index (χ1n) is 6.48. The molecule has 3 aromatic rings. The van der Waals surface area contributed by atoms with Gasteiger partial charge in [-0.05, 0) is 23.8 Å². The van der Waals surface area contributed by atoms with E-state index in [0.29, 0.717) is 16.8 Å². The zero-order valence-corrected chi connectivity index (χ0v) is 13.3. The van der Waals surface area contributed by atoms with Crippen molar-refractivity contribution >= 4 is 22.9 Å². The van der Waals surface area contributed by atoms with E-state index < -0.39 is 0 Å². The molecule has 0 N–H and O–H groups in total. The quantitative estimate of drug-likeness (QED) is 0.736. The number of halogens is 1. The number of pyridine rings is 1. The third-order valence-corrected chi connectivity index (χ3v) is 4.29. The molecule has 0 unspecified atom stereocenters. The normalized spacial score (nSPS) is 10.6. The van der Waals surface area contributed by atoms with E-state index in [1.807, 2.05) is 18.2 Å². The highest BCUT2D eigenvalue weighted by Crippen LogP contribution is 2.29. The molecule has 0 aliphatic rings. The fraction of sp³-hybridized carbons (Fsp3) is 0.133. The average Bonchev–Trinajstić information content (AvgIpc) is 2.97. The van der Waals surface area contributed by atoms with Gasteiger partial charge in [-0.15, -0.1) is 11.3 Å². The van der Waals surface area contributed by atoms with Gasteiger partial charge >= 0.3 is 0 Å². The van der Waals surface area contributed by atoms with Crippen molar-refractivity contribution in [1.82, 2.24) is 14.8 Å². The summed E-state index contributed by atoms with van der Waals surface area (Å²) < 4.78 is 7.11. The van der Waals surface area contributed by atoms with Crippen LogP contribution >= 0.6 is 22.9 Å². The zero-order chi connectivity index (χ0) is 15.5. The Labute approximate surface area is 135 Å². The van der Waals surface area contributed by atoms with Crippen LogP contribution in [0.15, 0.2) is 47.4 Å². The monoisotopic (exact) mass is 333 g/mol. The van der Waals surface area contributed by atoms with Gasteiger partial charge in [-0.2, -0.15) is 5.10 Å². The molecule has 112 valence electrons. The van der Waals surface area contributed by atoms with Crippen molar-refractivity contribution in [2.45, 2.75) is 6.54 Å². The van der Waals surface area contributed by atoms with E-state index in [-0.39, 0.29) is 5.56 Å². The molecule has 3 heterocycles. The number of hydrogen-bond donors (Lipinski definition) is 0. The van der Waals surface area contributed by atoms with Gasteiger partial charge in [0, 0.05) is 18.3 Å². The van der Waals surface area contributed by atoms with E-state index in [0.717, 1.165) is 16.1 Å². The molecular formula is C15H12ClN3O2S. The van der Waals surface area contributed by atoms with Gasteiger partial charge in [0.15, 0.2) is 0 Å². The molecule has 0 spiro atoms. The lowest BCUT2D eigenvalue weighted by molar-refractivity contribution is 0.397. The molecule has 0 bridgehead atoms. The van der Waals surface area contributed by atoms with Crippen LogP contribution in [0.3, 0.4) is 0 Å². The first-order valence-corrected chi connectivity index (χ1v) is 7.68. The molecule has 0 amide bonds. The summed E-state index contributed by atoms with van der Waals surface area (Å²) in [5.41, 5.74) is 1.43. The van der Waals surface area contributed by atoms with Crippen molar-refractivity contribution in [2.24, 2.45) is 0 Å². The zero-order valence-electron chi connectivity index (χ0n) is 11.7. The van der Waals surface area contributed by atoms with E-state index in [9.17, 15) is 4.79 Å². The minimum absolute atomic E-state index is 0.165. The second-order valence-electron chi connectivity index (χ2n) is 4.53. The lowest BCUT2D eigenvalue weighted by Crippen LogP contribution is -2.22. The Kier molecular flexibility index (Phi) is 4.22. The highest BCUT2D eigenvalue weighted by molar-refractivity contribution is 7.19. The van der Waals surface area contributed by atoms with Gasteiger partial charge in [0.25, 0.3) is 5.56 Å².